The summed E-state index contributed by atoms with van der Waals surface area (Å²) >= 11 is 1.33. The number of nitrogens with zero attached hydrogens (tertiary/aromatic N) is 5. The van der Waals surface area contributed by atoms with Crippen LogP contribution in [0.2, 0.25) is 0 Å². The van der Waals surface area contributed by atoms with Crippen LogP contribution in [0.4, 0.5) is 5.95 Å². The summed E-state index contributed by atoms with van der Waals surface area (Å²) in [4.78, 5) is 32.4. The normalized spacial score (nSPS) is 15.7. The highest BCUT2D eigenvalue weighted by Crippen LogP contribution is 2.27. The average molecular weight is 477 g/mol. The van der Waals surface area contributed by atoms with E-state index >= 15 is 0 Å². The van der Waals surface area contributed by atoms with E-state index in [1.807, 2.05) is 46.0 Å². The molecule has 2 N–H and O–H groups in total. The number of hydrogen-bond acceptors (Lipinski definition) is 6. The lowest BCUT2D eigenvalue weighted by molar-refractivity contribution is -0.126. The number of carbonyl (C=O) groups is 2. The lowest BCUT2D eigenvalue weighted by Crippen LogP contribution is -2.37. The molecule has 9 nitrogen and oxygen atoms in total. The van der Waals surface area contributed by atoms with Gasteiger partial charge in [-0.15, -0.1) is 11.3 Å². The highest BCUT2D eigenvalue weighted by atomic mass is 32.1. The summed E-state index contributed by atoms with van der Waals surface area (Å²) in [6.07, 6.45) is 6.63. The maximum atomic E-state index is 13.1. The molecule has 1 aliphatic rings. The highest BCUT2D eigenvalue weighted by Gasteiger charge is 2.29. The first-order valence-corrected chi connectivity index (χ1v) is 11.8. The smallest absolute Gasteiger partial charge is 0.268 e. The summed E-state index contributed by atoms with van der Waals surface area (Å²) < 4.78 is 3.65. The number of aromatic nitrogens is 4. The van der Waals surface area contributed by atoms with Gasteiger partial charge in [0.15, 0.2) is 0 Å². The number of rotatable bonds is 7. The molecule has 0 saturated carbocycles. The second kappa shape index (κ2) is 9.24. The molecule has 4 heterocycles. The number of aliphatic hydroxyl groups is 1. The average Bonchev–Trinajstić information content (AvgIpc) is 3.65. The number of likely N-dealkylation sites (tertiary alicyclic amines) is 1. The number of nitrogens with one attached hydrogen (secondary N) is 1. The van der Waals surface area contributed by atoms with E-state index in [-0.39, 0.29) is 24.5 Å². The monoisotopic (exact) mass is 476 g/mol. The molecule has 0 aliphatic carbocycles. The van der Waals surface area contributed by atoms with Crippen molar-refractivity contribution in [3.05, 3.63) is 71.9 Å². The Balaban J connectivity index is 1.46. The fraction of sp³-hybridized carbons (Fsp3) is 0.250. The Bertz CT molecular complexity index is 1360. The number of carbonyl (C=O) groups excluding carboxylic acids is 2. The van der Waals surface area contributed by atoms with Crippen molar-refractivity contribution in [2.45, 2.75) is 32.0 Å². The van der Waals surface area contributed by atoms with E-state index in [0.29, 0.717) is 29.4 Å². The maximum Gasteiger partial charge on any atom is 0.268 e. The van der Waals surface area contributed by atoms with Crippen LogP contribution in [0.5, 0.6) is 0 Å². The minimum absolute atomic E-state index is 0.0239. The lowest BCUT2D eigenvalue weighted by Gasteiger charge is -2.24. The van der Waals surface area contributed by atoms with Gasteiger partial charge in [-0.05, 0) is 54.8 Å². The van der Waals surface area contributed by atoms with Gasteiger partial charge in [-0.3, -0.25) is 14.9 Å². The Morgan fingerprint density at radius 3 is 2.94 bits per heavy atom. The third-order valence-corrected chi connectivity index (χ3v) is 7.07. The zero-order valence-electron chi connectivity index (χ0n) is 18.4. The molecule has 1 unspecified atom stereocenters. The van der Waals surface area contributed by atoms with E-state index in [1.165, 1.54) is 17.4 Å². The first-order valence-electron chi connectivity index (χ1n) is 11.0. The molecule has 1 fully saturated rings. The van der Waals surface area contributed by atoms with Gasteiger partial charge in [0.25, 0.3) is 5.91 Å². The van der Waals surface area contributed by atoms with Crippen LogP contribution < -0.4 is 5.32 Å². The molecule has 2 amide bonds. The molecule has 34 heavy (non-hydrogen) atoms. The highest BCUT2D eigenvalue weighted by molar-refractivity contribution is 7.16. The maximum absolute atomic E-state index is 13.1. The van der Waals surface area contributed by atoms with Crippen LogP contribution >= 0.6 is 11.3 Å². The predicted octanol–water partition coefficient (Wildman–Crippen LogP) is 3.21. The van der Waals surface area contributed by atoms with Crippen LogP contribution in [0.3, 0.4) is 0 Å². The van der Waals surface area contributed by atoms with Crippen molar-refractivity contribution in [2.75, 3.05) is 11.9 Å². The molecule has 174 valence electrons. The Hall–Kier alpha value is -3.76. The van der Waals surface area contributed by atoms with Crippen molar-refractivity contribution in [1.29, 1.82) is 0 Å². The Labute approximate surface area is 199 Å². The SMILES string of the molecule is C=CC(=O)N1CCCC1Cn1c(NC(=O)c2ccc(-n3cccn3)s2)nc2cc(CO)ccc21. The van der Waals surface area contributed by atoms with Crippen molar-refractivity contribution in [3.63, 3.8) is 0 Å². The molecule has 1 aromatic carbocycles. The summed E-state index contributed by atoms with van der Waals surface area (Å²) in [7, 11) is 0. The number of imidazole rings is 1. The number of amides is 2. The van der Waals surface area contributed by atoms with Crippen LogP contribution in [-0.4, -0.2) is 53.7 Å². The fourth-order valence-electron chi connectivity index (χ4n) is 4.33. The van der Waals surface area contributed by atoms with Crippen molar-refractivity contribution in [3.8, 4) is 5.00 Å². The number of benzene rings is 1. The van der Waals surface area contributed by atoms with Gasteiger partial charge >= 0.3 is 0 Å². The third kappa shape index (κ3) is 4.13. The molecule has 3 aromatic heterocycles. The number of fused-ring (bicyclic) bond motifs is 1. The topological polar surface area (TPSA) is 105 Å². The summed E-state index contributed by atoms with van der Waals surface area (Å²) in [6.45, 7) is 4.70. The van der Waals surface area contributed by atoms with Gasteiger partial charge in [0.2, 0.25) is 11.9 Å². The molecule has 0 spiro atoms. The van der Waals surface area contributed by atoms with E-state index in [1.54, 1.807) is 16.9 Å². The van der Waals surface area contributed by atoms with Crippen molar-refractivity contribution in [1.82, 2.24) is 24.2 Å². The molecule has 5 rings (SSSR count). The van der Waals surface area contributed by atoms with E-state index in [9.17, 15) is 14.7 Å². The zero-order valence-corrected chi connectivity index (χ0v) is 19.2. The lowest BCUT2D eigenvalue weighted by atomic mass is 10.2. The second-order valence-electron chi connectivity index (χ2n) is 8.10. The number of hydrogen-bond donors (Lipinski definition) is 2. The first kappa shape index (κ1) is 22.1. The van der Waals surface area contributed by atoms with Crippen LogP contribution in [0.1, 0.15) is 28.1 Å². The summed E-state index contributed by atoms with van der Waals surface area (Å²) in [5.41, 5.74) is 2.24. The van der Waals surface area contributed by atoms with E-state index in [2.05, 4.69) is 22.0 Å². The first-order chi connectivity index (χ1) is 16.6. The second-order valence-corrected chi connectivity index (χ2v) is 9.16. The predicted molar refractivity (Wildman–Crippen MR) is 130 cm³/mol. The molecule has 4 aromatic rings. The summed E-state index contributed by atoms with van der Waals surface area (Å²) in [6, 6.07) is 10.9. The molecule has 0 radical (unpaired) electrons. The zero-order chi connectivity index (χ0) is 23.7. The summed E-state index contributed by atoms with van der Waals surface area (Å²) in [5.74, 6) is 0.0413. The van der Waals surface area contributed by atoms with Gasteiger partial charge < -0.3 is 14.6 Å². The molecule has 1 atom stereocenters. The van der Waals surface area contributed by atoms with Crippen molar-refractivity contribution < 1.29 is 14.7 Å². The van der Waals surface area contributed by atoms with Gasteiger partial charge in [-0.2, -0.15) is 5.10 Å². The van der Waals surface area contributed by atoms with Gasteiger partial charge in [-0.1, -0.05) is 12.6 Å². The minimum Gasteiger partial charge on any atom is -0.392 e. The van der Waals surface area contributed by atoms with Gasteiger partial charge in [0, 0.05) is 25.5 Å². The van der Waals surface area contributed by atoms with Crippen LogP contribution in [-0.2, 0) is 17.9 Å². The Morgan fingerprint density at radius 1 is 1.29 bits per heavy atom. The quantitative estimate of drug-likeness (QED) is 0.399. The van der Waals surface area contributed by atoms with Gasteiger partial charge in [0.05, 0.1) is 28.6 Å². The molecule has 1 aliphatic heterocycles. The van der Waals surface area contributed by atoms with Crippen LogP contribution in [0.25, 0.3) is 16.0 Å². The van der Waals surface area contributed by atoms with Crippen LogP contribution in [0, 0.1) is 0 Å². The van der Waals surface area contributed by atoms with E-state index < -0.39 is 0 Å². The minimum atomic E-state index is -0.271. The largest absolute Gasteiger partial charge is 0.392 e. The summed E-state index contributed by atoms with van der Waals surface area (Å²) in [5, 5.41) is 17.5. The molecular formula is C24H24N6O3S. The van der Waals surface area contributed by atoms with Gasteiger partial charge in [-0.25, -0.2) is 9.67 Å². The Kier molecular flexibility index (Phi) is 5.99. The van der Waals surface area contributed by atoms with E-state index in [0.717, 1.165) is 28.9 Å². The number of thiophene rings is 1. The molecule has 1 saturated heterocycles. The molecular weight excluding hydrogens is 452 g/mol. The van der Waals surface area contributed by atoms with E-state index in [4.69, 9.17) is 0 Å². The van der Waals surface area contributed by atoms with Crippen LogP contribution in [0.15, 0.2) is 61.4 Å². The molecule has 0 bridgehead atoms. The third-order valence-electron chi connectivity index (χ3n) is 5.99. The molecule has 10 heteroatoms. The van der Waals surface area contributed by atoms with Gasteiger partial charge in [0.1, 0.15) is 5.00 Å². The van der Waals surface area contributed by atoms with Crippen molar-refractivity contribution in [2.24, 2.45) is 0 Å². The fourth-order valence-corrected chi connectivity index (χ4v) is 5.18. The number of anilines is 1. The van der Waals surface area contributed by atoms with Crippen molar-refractivity contribution >= 4 is 40.1 Å². The standard InChI is InChI=1S/C24H24N6O3S/c1-2-21(32)28-11-3-5-17(28)14-29-19-7-6-16(15-31)13-18(19)26-24(29)27-23(33)20-8-9-22(34-20)30-12-4-10-25-30/h2,4,6-10,12-13,17,31H,1,3,5,11,14-15H2,(H,26,27,33). The Morgan fingerprint density at radius 2 is 2.18 bits per heavy atom. The number of aliphatic hydroxyl groups excluding tert-OH is 1.